The van der Waals surface area contributed by atoms with Gasteiger partial charge in [-0.25, -0.2) is 0 Å². The predicted molar refractivity (Wildman–Crippen MR) is 82.0 cm³/mol. The highest BCUT2D eigenvalue weighted by atomic mass is 35.5. The lowest BCUT2D eigenvalue weighted by molar-refractivity contribution is 0.689. The number of halogens is 1. The van der Waals surface area contributed by atoms with Gasteiger partial charge in [0.15, 0.2) is 0 Å². The van der Waals surface area contributed by atoms with Crippen molar-refractivity contribution >= 4 is 11.6 Å². The van der Waals surface area contributed by atoms with Crippen LogP contribution in [0.1, 0.15) is 34.4 Å². The molecule has 0 atom stereocenters. The number of hydrogen-bond donors (Lipinski definition) is 1. The molecule has 0 amide bonds. The minimum absolute atomic E-state index is 0.726. The first-order valence-corrected chi connectivity index (χ1v) is 7.52. The SMILES string of the molecule is Cc1nn(C)c(Cl)c1CNCc1ccc2c(c1)CCC2. The van der Waals surface area contributed by atoms with Gasteiger partial charge in [0, 0.05) is 25.7 Å². The molecule has 1 aromatic heterocycles. The van der Waals surface area contributed by atoms with Crippen molar-refractivity contribution < 1.29 is 0 Å². The maximum Gasteiger partial charge on any atom is 0.131 e. The quantitative estimate of drug-likeness (QED) is 0.937. The number of nitrogens with zero attached hydrogens (tertiary/aromatic N) is 2. The third-order valence-corrected chi connectivity index (χ3v) is 4.54. The number of nitrogens with one attached hydrogen (secondary N) is 1. The van der Waals surface area contributed by atoms with Gasteiger partial charge in [0.2, 0.25) is 0 Å². The molecule has 3 nitrogen and oxygen atoms in total. The summed E-state index contributed by atoms with van der Waals surface area (Å²) in [5, 5.41) is 8.52. The van der Waals surface area contributed by atoms with E-state index in [9.17, 15) is 0 Å². The van der Waals surface area contributed by atoms with Gasteiger partial charge < -0.3 is 5.32 Å². The van der Waals surface area contributed by atoms with E-state index in [4.69, 9.17) is 11.6 Å². The number of benzene rings is 1. The van der Waals surface area contributed by atoms with Crippen LogP contribution in [0.3, 0.4) is 0 Å². The molecule has 0 fully saturated rings. The van der Waals surface area contributed by atoms with Crippen molar-refractivity contribution in [3.8, 4) is 0 Å². The second-order valence-electron chi connectivity index (χ2n) is 5.54. The molecular weight excluding hydrogens is 270 g/mol. The molecule has 20 heavy (non-hydrogen) atoms. The third-order valence-electron chi connectivity index (χ3n) is 4.06. The Labute approximate surface area is 124 Å². The molecule has 0 spiro atoms. The molecule has 0 bridgehead atoms. The lowest BCUT2D eigenvalue weighted by atomic mass is 10.1. The first kappa shape index (κ1) is 13.7. The van der Waals surface area contributed by atoms with Crippen molar-refractivity contribution in [2.45, 2.75) is 39.3 Å². The summed E-state index contributed by atoms with van der Waals surface area (Å²) in [4.78, 5) is 0. The van der Waals surface area contributed by atoms with Crippen molar-refractivity contribution in [2.75, 3.05) is 0 Å². The van der Waals surface area contributed by atoms with Crippen molar-refractivity contribution in [1.82, 2.24) is 15.1 Å². The van der Waals surface area contributed by atoms with E-state index in [1.54, 1.807) is 4.68 Å². The molecule has 0 saturated heterocycles. The van der Waals surface area contributed by atoms with Gasteiger partial charge in [-0.2, -0.15) is 5.10 Å². The molecule has 1 aliphatic rings. The summed E-state index contributed by atoms with van der Waals surface area (Å²) in [6, 6.07) is 6.85. The minimum Gasteiger partial charge on any atom is -0.308 e. The van der Waals surface area contributed by atoms with Gasteiger partial charge in [-0.15, -0.1) is 0 Å². The van der Waals surface area contributed by atoms with Crippen LogP contribution in [-0.2, 0) is 33.0 Å². The largest absolute Gasteiger partial charge is 0.308 e. The number of hydrogen-bond acceptors (Lipinski definition) is 2. The average molecular weight is 290 g/mol. The zero-order chi connectivity index (χ0) is 14.1. The van der Waals surface area contributed by atoms with Gasteiger partial charge in [0.1, 0.15) is 5.15 Å². The fraction of sp³-hybridized carbons (Fsp3) is 0.438. The summed E-state index contributed by atoms with van der Waals surface area (Å²) in [6.45, 7) is 3.63. The normalized spacial score (nSPS) is 13.8. The molecule has 0 aliphatic heterocycles. The van der Waals surface area contributed by atoms with Crippen LogP contribution in [0.5, 0.6) is 0 Å². The van der Waals surface area contributed by atoms with Gasteiger partial charge >= 0.3 is 0 Å². The Balaban J connectivity index is 1.63. The van der Waals surface area contributed by atoms with E-state index in [1.807, 2.05) is 14.0 Å². The molecule has 0 unspecified atom stereocenters. The smallest absolute Gasteiger partial charge is 0.131 e. The summed E-state index contributed by atoms with van der Waals surface area (Å²) >= 11 is 6.23. The fourth-order valence-electron chi connectivity index (χ4n) is 2.94. The zero-order valence-electron chi connectivity index (χ0n) is 12.0. The van der Waals surface area contributed by atoms with Crippen molar-refractivity contribution in [1.29, 1.82) is 0 Å². The molecule has 4 heteroatoms. The second kappa shape index (κ2) is 5.58. The Morgan fingerprint density at radius 2 is 2.05 bits per heavy atom. The second-order valence-corrected chi connectivity index (χ2v) is 5.90. The number of aromatic nitrogens is 2. The van der Waals surface area contributed by atoms with Crippen LogP contribution in [-0.4, -0.2) is 9.78 Å². The highest BCUT2D eigenvalue weighted by Crippen LogP contribution is 2.23. The number of aryl methyl sites for hydroxylation is 4. The summed E-state index contributed by atoms with van der Waals surface area (Å²) in [5.74, 6) is 0. The summed E-state index contributed by atoms with van der Waals surface area (Å²) in [6.07, 6.45) is 3.78. The minimum atomic E-state index is 0.726. The van der Waals surface area contributed by atoms with Crippen LogP contribution in [0.25, 0.3) is 0 Å². The maximum absolute atomic E-state index is 6.23. The van der Waals surface area contributed by atoms with E-state index >= 15 is 0 Å². The first-order valence-electron chi connectivity index (χ1n) is 7.14. The molecule has 1 heterocycles. The highest BCUT2D eigenvalue weighted by Gasteiger charge is 2.12. The molecule has 3 rings (SSSR count). The third kappa shape index (κ3) is 2.60. The molecule has 2 aromatic rings. The molecule has 106 valence electrons. The lowest BCUT2D eigenvalue weighted by Crippen LogP contribution is -2.13. The maximum atomic E-state index is 6.23. The van der Waals surface area contributed by atoms with Gasteiger partial charge in [-0.1, -0.05) is 29.8 Å². The average Bonchev–Trinajstić information content (AvgIpc) is 2.98. The van der Waals surface area contributed by atoms with E-state index in [2.05, 4.69) is 28.6 Å². The fourth-order valence-corrected chi connectivity index (χ4v) is 3.18. The summed E-state index contributed by atoms with van der Waals surface area (Å²) < 4.78 is 1.73. The Morgan fingerprint density at radius 3 is 2.80 bits per heavy atom. The van der Waals surface area contributed by atoms with E-state index < -0.39 is 0 Å². The molecule has 1 N–H and O–H groups in total. The van der Waals surface area contributed by atoms with Crippen molar-refractivity contribution in [2.24, 2.45) is 7.05 Å². The Morgan fingerprint density at radius 1 is 1.25 bits per heavy atom. The Hall–Kier alpha value is -1.32. The van der Waals surface area contributed by atoms with Crippen LogP contribution < -0.4 is 5.32 Å². The molecule has 0 radical (unpaired) electrons. The van der Waals surface area contributed by atoms with Crippen molar-refractivity contribution in [3.63, 3.8) is 0 Å². The zero-order valence-corrected chi connectivity index (χ0v) is 12.8. The van der Waals surface area contributed by atoms with Gasteiger partial charge in [-0.3, -0.25) is 4.68 Å². The van der Waals surface area contributed by atoms with Gasteiger partial charge in [0.05, 0.1) is 5.69 Å². The van der Waals surface area contributed by atoms with Crippen LogP contribution in [0.4, 0.5) is 0 Å². The van der Waals surface area contributed by atoms with E-state index in [1.165, 1.54) is 36.0 Å². The summed E-state index contributed by atoms with van der Waals surface area (Å²) in [5.41, 5.74) is 6.50. The standard InChI is InChI=1S/C16H20ClN3/c1-11-15(16(17)20(2)19-11)10-18-9-12-6-7-13-4-3-5-14(13)8-12/h6-8,18H,3-5,9-10H2,1-2H3. The monoisotopic (exact) mass is 289 g/mol. The van der Waals surface area contributed by atoms with Gasteiger partial charge in [0.25, 0.3) is 0 Å². The molecule has 1 aliphatic carbocycles. The topological polar surface area (TPSA) is 29.9 Å². The van der Waals surface area contributed by atoms with Crippen molar-refractivity contribution in [3.05, 3.63) is 51.3 Å². The van der Waals surface area contributed by atoms with E-state index in [0.29, 0.717) is 0 Å². The van der Waals surface area contributed by atoms with Gasteiger partial charge in [-0.05, 0) is 42.9 Å². The van der Waals surface area contributed by atoms with Crippen LogP contribution in [0.2, 0.25) is 5.15 Å². The van der Waals surface area contributed by atoms with Crippen LogP contribution >= 0.6 is 11.6 Å². The first-order chi connectivity index (χ1) is 9.65. The Bertz CT molecular complexity index is 631. The predicted octanol–water partition coefficient (Wildman–Crippen LogP) is 3.16. The molecule has 1 aromatic carbocycles. The number of fused-ring (bicyclic) bond motifs is 1. The van der Waals surface area contributed by atoms with Crippen LogP contribution in [0.15, 0.2) is 18.2 Å². The Kier molecular flexibility index (Phi) is 3.81. The lowest BCUT2D eigenvalue weighted by Gasteiger charge is -2.07. The highest BCUT2D eigenvalue weighted by molar-refractivity contribution is 6.30. The van der Waals surface area contributed by atoms with Crippen LogP contribution in [0, 0.1) is 6.92 Å². The van der Waals surface area contributed by atoms with E-state index in [-0.39, 0.29) is 0 Å². The summed E-state index contributed by atoms with van der Waals surface area (Å²) in [7, 11) is 1.87. The number of rotatable bonds is 4. The molecule has 0 saturated carbocycles. The van der Waals surface area contributed by atoms with E-state index in [0.717, 1.165) is 29.5 Å². The molecular formula is C16H20ClN3.